The quantitative estimate of drug-likeness (QED) is 0.485. The van der Waals surface area contributed by atoms with E-state index in [9.17, 15) is 10.2 Å². The van der Waals surface area contributed by atoms with Crippen molar-refractivity contribution in [2.75, 3.05) is 5.73 Å². The van der Waals surface area contributed by atoms with Crippen molar-refractivity contribution < 1.29 is 14.9 Å². The molecule has 3 aromatic heterocycles. The summed E-state index contributed by atoms with van der Waals surface area (Å²) in [6, 6.07) is 9.98. The third-order valence-corrected chi connectivity index (χ3v) is 5.57. The summed E-state index contributed by atoms with van der Waals surface area (Å²) in [7, 11) is 0. The Morgan fingerprint density at radius 3 is 2.86 bits per heavy atom. The van der Waals surface area contributed by atoms with Crippen molar-refractivity contribution >= 4 is 27.6 Å². The molecule has 4 N–H and O–H groups in total. The molecule has 8 nitrogen and oxygen atoms in total. The molecule has 1 aromatic carbocycles. The third kappa shape index (κ3) is 3.11. The zero-order valence-corrected chi connectivity index (χ0v) is 15.6. The Labute approximate surface area is 166 Å². The SMILES string of the molecule is Nc1ncnc2c1ccn2[C@@H]1O[C@H](CCc2ccc3ccncc3c2)[C@@H](O)[C@H]1O. The van der Waals surface area contributed by atoms with Crippen molar-refractivity contribution in [3.05, 3.63) is 60.8 Å². The van der Waals surface area contributed by atoms with Crippen LogP contribution in [0.25, 0.3) is 21.8 Å². The van der Waals surface area contributed by atoms with Crippen LogP contribution in [0.5, 0.6) is 0 Å². The Balaban J connectivity index is 1.34. The molecular weight excluding hydrogens is 370 g/mol. The van der Waals surface area contributed by atoms with Gasteiger partial charge < -0.3 is 25.3 Å². The summed E-state index contributed by atoms with van der Waals surface area (Å²) in [5.41, 5.74) is 7.58. The smallest absolute Gasteiger partial charge is 0.164 e. The van der Waals surface area contributed by atoms with E-state index in [0.717, 1.165) is 16.3 Å². The summed E-state index contributed by atoms with van der Waals surface area (Å²) < 4.78 is 7.73. The number of hydrogen-bond acceptors (Lipinski definition) is 7. The number of hydrogen-bond donors (Lipinski definition) is 3. The van der Waals surface area contributed by atoms with Crippen LogP contribution in [0, 0.1) is 0 Å². The van der Waals surface area contributed by atoms with Gasteiger partial charge in [-0.25, -0.2) is 9.97 Å². The van der Waals surface area contributed by atoms with Gasteiger partial charge in [-0.15, -0.1) is 0 Å². The highest BCUT2D eigenvalue weighted by Crippen LogP contribution is 2.34. The Morgan fingerprint density at radius 1 is 1.07 bits per heavy atom. The number of benzene rings is 1. The minimum atomic E-state index is -1.06. The fraction of sp³-hybridized carbons (Fsp3) is 0.286. The lowest BCUT2D eigenvalue weighted by Crippen LogP contribution is -2.31. The average Bonchev–Trinajstić information content (AvgIpc) is 3.29. The van der Waals surface area contributed by atoms with Crippen LogP contribution in [0.2, 0.25) is 0 Å². The van der Waals surface area contributed by atoms with E-state index in [4.69, 9.17) is 10.5 Å². The highest BCUT2D eigenvalue weighted by atomic mass is 16.6. The highest BCUT2D eigenvalue weighted by Gasteiger charge is 2.43. The number of aliphatic hydroxyl groups excluding tert-OH is 2. The van der Waals surface area contributed by atoms with Crippen LogP contribution in [-0.2, 0) is 11.2 Å². The Bertz CT molecular complexity index is 1180. The maximum absolute atomic E-state index is 10.6. The molecule has 4 atom stereocenters. The van der Waals surface area contributed by atoms with Crippen LogP contribution in [0.4, 0.5) is 5.82 Å². The molecule has 8 heteroatoms. The minimum Gasteiger partial charge on any atom is -0.388 e. The van der Waals surface area contributed by atoms with Gasteiger partial charge in [0.2, 0.25) is 0 Å². The van der Waals surface area contributed by atoms with Crippen LogP contribution >= 0.6 is 0 Å². The topological polar surface area (TPSA) is 119 Å². The van der Waals surface area contributed by atoms with Crippen molar-refractivity contribution in [1.82, 2.24) is 19.5 Å². The number of aliphatic hydroxyl groups is 2. The molecule has 0 spiro atoms. The molecule has 0 unspecified atom stereocenters. The van der Waals surface area contributed by atoms with E-state index in [0.29, 0.717) is 29.7 Å². The predicted octanol–water partition coefficient (Wildman–Crippen LogP) is 1.81. The van der Waals surface area contributed by atoms with Gasteiger partial charge in [-0.2, -0.15) is 0 Å². The van der Waals surface area contributed by atoms with Gasteiger partial charge in [-0.05, 0) is 42.0 Å². The molecule has 1 saturated heterocycles. The van der Waals surface area contributed by atoms with E-state index in [-0.39, 0.29) is 0 Å². The fourth-order valence-electron chi connectivity index (χ4n) is 3.99. The summed E-state index contributed by atoms with van der Waals surface area (Å²) >= 11 is 0. The Kier molecular flexibility index (Phi) is 4.39. The lowest BCUT2D eigenvalue weighted by Gasteiger charge is -2.17. The van der Waals surface area contributed by atoms with Gasteiger partial charge in [-0.1, -0.05) is 12.1 Å². The maximum atomic E-state index is 10.6. The molecule has 148 valence electrons. The normalized spacial score (nSPS) is 24.5. The van der Waals surface area contributed by atoms with Gasteiger partial charge in [0.1, 0.15) is 30.0 Å². The van der Waals surface area contributed by atoms with Crippen molar-refractivity contribution in [2.45, 2.75) is 37.4 Å². The summed E-state index contributed by atoms with van der Waals surface area (Å²) in [5, 5.41) is 24.0. The van der Waals surface area contributed by atoms with Gasteiger partial charge >= 0.3 is 0 Å². The lowest BCUT2D eigenvalue weighted by atomic mass is 10.0. The monoisotopic (exact) mass is 391 g/mol. The average molecular weight is 391 g/mol. The number of aryl methyl sites for hydroxylation is 1. The fourth-order valence-corrected chi connectivity index (χ4v) is 3.99. The maximum Gasteiger partial charge on any atom is 0.164 e. The number of ether oxygens (including phenoxy) is 1. The van der Waals surface area contributed by atoms with E-state index in [1.165, 1.54) is 6.33 Å². The first-order valence-electron chi connectivity index (χ1n) is 9.53. The molecule has 4 heterocycles. The summed E-state index contributed by atoms with van der Waals surface area (Å²) in [6.45, 7) is 0. The molecule has 0 saturated carbocycles. The lowest BCUT2D eigenvalue weighted by molar-refractivity contribution is -0.0364. The Morgan fingerprint density at radius 2 is 1.97 bits per heavy atom. The van der Waals surface area contributed by atoms with E-state index in [2.05, 4.69) is 33.2 Å². The number of nitrogens with two attached hydrogens (primary N) is 1. The van der Waals surface area contributed by atoms with Crippen LogP contribution in [0.1, 0.15) is 18.2 Å². The van der Waals surface area contributed by atoms with Crippen molar-refractivity contribution in [3.8, 4) is 0 Å². The number of anilines is 1. The minimum absolute atomic E-state index is 0.365. The van der Waals surface area contributed by atoms with Crippen molar-refractivity contribution in [1.29, 1.82) is 0 Å². The molecule has 1 aliphatic rings. The number of pyridine rings is 1. The van der Waals surface area contributed by atoms with E-state index in [1.54, 1.807) is 23.0 Å². The molecule has 0 bridgehead atoms. The molecule has 29 heavy (non-hydrogen) atoms. The molecule has 1 aliphatic heterocycles. The van der Waals surface area contributed by atoms with Gasteiger partial charge in [0.25, 0.3) is 0 Å². The second-order valence-electron chi connectivity index (χ2n) is 7.36. The van der Waals surface area contributed by atoms with Crippen LogP contribution in [0.15, 0.2) is 55.2 Å². The number of rotatable bonds is 4. The van der Waals surface area contributed by atoms with Gasteiger partial charge in [0, 0.05) is 24.0 Å². The summed E-state index contributed by atoms with van der Waals surface area (Å²) in [5.74, 6) is 0.365. The second-order valence-corrected chi connectivity index (χ2v) is 7.36. The largest absolute Gasteiger partial charge is 0.388 e. The zero-order valence-electron chi connectivity index (χ0n) is 15.6. The van der Waals surface area contributed by atoms with Gasteiger partial charge in [-0.3, -0.25) is 4.98 Å². The van der Waals surface area contributed by atoms with E-state index < -0.39 is 24.5 Å². The molecule has 4 aromatic rings. The first kappa shape index (κ1) is 18.0. The number of fused-ring (bicyclic) bond motifs is 2. The van der Waals surface area contributed by atoms with Crippen molar-refractivity contribution in [2.24, 2.45) is 0 Å². The molecule has 0 radical (unpaired) electrons. The first-order chi connectivity index (χ1) is 14.1. The summed E-state index contributed by atoms with van der Waals surface area (Å²) in [6.07, 6.45) is 4.75. The number of aromatic nitrogens is 4. The number of nitrogens with zero attached hydrogens (tertiary/aromatic N) is 4. The molecule has 0 aliphatic carbocycles. The molecule has 0 amide bonds. The molecular formula is C21H21N5O3. The second kappa shape index (κ2) is 7.07. The van der Waals surface area contributed by atoms with Gasteiger partial charge in [0.05, 0.1) is 11.5 Å². The molecule has 5 rings (SSSR count). The molecule has 1 fully saturated rings. The standard InChI is InChI=1S/C21H21N5O3/c22-19-15-6-8-26(20(15)25-11-24-19)21-18(28)17(27)16(29-21)4-2-12-1-3-13-5-7-23-10-14(13)9-12/h1,3,5-11,16-18,21,27-28H,2,4H2,(H2,22,24,25)/t16-,17-,18-,21-/m1/s1. The van der Waals surface area contributed by atoms with E-state index in [1.807, 2.05) is 12.3 Å². The predicted molar refractivity (Wildman–Crippen MR) is 108 cm³/mol. The summed E-state index contributed by atoms with van der Waals surface area (Å²) in [4.78, 5) is 12.4. The third-order valence-electron chi connectivity index (χ3n) is 5.57. The Hall–Kier alpha value is -3.07. The number of nitrogen functional groups attached to an aromatic ring is 1. The zero-order chi connectivity index (χ0) is 20.0. The first-order valence-corrected chi connectivity index (χ1v) is 9.53. The van der Waals surface area contributed by atoms with Crippen LogP contribution in [0.3, 0.4) is 0 Å². The van der Waals surface area contributed by atoms with Crippen LogP contribution < -0.4 is 5.73 Å². The van der Waals surface area contributed by atoms with Crippen molar-refractivity contribution in [3.63, 3.8) is 0 Å². The van der Waals surface area contributed by atoms with Crippen LogP contribution in [-0.4, -0.2) is 48.0 Å². The highest BCUT2D eigenvalue weighted by molar-refractivity contribution is 5.86. The van der Waals surface area contributed by atoms with E-state index >= 15 is 0 Å². The van der Waals surface area contributed by atoms with Gasteiger partial charge in [0.15, 0.2) is 6.23 Å².